The van der Waals surface area contributed by atoms with Gasteiger partial charge in [0.2, 0.25) is 0 Å². The molecule has 94 valence electrons. The van der Waals surface area contributed by atoms with Crippen LogP contribution in [0.25, 0.3) is 0 Å². The van der Waals surface area contributed by atoms with Crippen molar-refractivity contribution in [1.29, 1.82) is 0 Å². The van der Waals surface area contributed by atoms with Gasteiger partial charge in [0.15, 0.2) is 5.78 Å². The van der Waals surface area contributed by atoms with Gasteiger partial charge in [0, 0.05) is 19.2 Å². The van der Waals surface area contributed by atoms with E-state index in [4.69, 9.17) is 0 Å². The first-order valence-corrected chi connectivity index (χ1v) is 6.43. The number of carbonyl (C=O) groups excluding carboxylic acids is 1. The lowest BCUT2D eigenvalue weighted by molar-refractivity contribution is -0.117. The molecule has 0 unspecified atom stereocenters. The summed E-state index contributed by atoms with van der Waals surface area (Å²) in [6.07, 6.45) is 4.05. The van der Waals surface area contributed by atoms with E-state index >= 15 is 0 Å². The summed E-state index contributed by atoms with van der Waals surface area (Å²) in [7, 11) is 1.90. The predicted molar refractivity (Wildman–Crippen MR) is 66.9 cm³/mol. The molecule has 1 N–H and O–H groups in total. The van der Waals surface area contributed by atoms with Crippen LogP contribution in [0.5, 0.6) is 0 Å². The quantitative estimate of drug-likeness (QED) is 0.769. The van der Waals surface area contributed by atoms with E-state index in [0.29, 0.717) is 13.0 Å². The molecule has 0 aromatic carbocycles. The summed E-state index contributed by atoms with van der Waals surface area (Å²) >= 11 is 0. The topological polar surface area (TPSA) is 46.9 Å². The van der Waals surface area contributed by atoms with Crippen LogP contribution in [0.4, 0.5) is 0 Å². The average molecular weight is 235 g/mol. The van der Waals surface area contributed by atoms with Gasteiger partial charge in [-0.2, -0.15) is 5.10 Å². The normalized spacial score (nSPS) is 15.2. The van der Waals surface area contributed by atoms with Crippen LogP contribution >= 0.6 is 0 Å². The third-order valence-electron chi connectivity index (χ3n) is 3.22. The van der Waals surface area contributed by atoms with Gasteiger partial charge in [0.05, 0.1) is 12.2 Å². The third kappa shape index (κ3) is 3.66. The Bertz CT molecular complexity index is 393. The molecule has 0 aliphatic heterocycles. The van der Waals surface area contributed by atoms with Gasteiger partial charge < -0.3 is 5.32 Å². The van der Waals surface area contributed by atoms with Crippen LogP contribution in [0.1, 0.15) is 31.2 Å². The zero-order valence-electron chi connectivity index (χ0n) is 10.7. The van der Waals surface area contributed by atoms with E-state index in [1.54, 1.807) is 0 Å². The Morgan fingerprint density at radius 2 is 2.35 bits per heavy atom. The van der Waals surface area contributed by atoms with E-state index < -0.39 is 0 Å². The summed E-state index contributed by atoms with van der Waals surface area (Å²) in [5.41, 5.74) is 2.07. The second-order valence-electron chi connectivity index (χ2n) is 4.89. The lowest BCUT2D eigenvalue weighted by atomic mass is 10.2. The van der Waals surface area contributed by atoms with Gasteiger partial charge in [-0.15, -0.1) is 0 Å². The molecule has 0 spiro atoms. The molecule has 4 nitrogen and oxygen atoms in total. The van der Waals surface area contributed by atoms with E-state index in [2.05, 4.69) is 17.3 Å². The molecule has 1 fully saturated rings. The Labute approximate surface area is 102 Å². The smallest absolute Gasteiger partial charge is 0.152 e. The lowest BCUT2D eigenvalue weighted by Crippen LogP contribution is -2.26. The van der Waals surface area contributed by atoms with Crippen molar-refractivity contribution in [1.82, 2.24) is 15.1 Å². The number of nitrogens with one attached hydrogen (secondary N) is 1. The molecule has 1 aromatic rings. The molecule has 1 aliphatic carbocycles. The van der Waals surface area contributed by atoms with Crippen LogP contribution < -0.4 is 5.32 Å². The maximum absolute atomic E-state index is 11.8. The minimum absolute atomic E-state index is 0.247. The predicted octanol–water partition coefficient (Wildman–Crippen LogP) is 1.09. The van der Waals surface area contributed by atoms with Crippen LogP contribution in [0.2, 0.25) is 0 Å². The van der Waals surface area contributed by atoms with Gasteiger partial charge in [-0.25, -0.2) is 0 Å². The number of hydrogen-bond donors (Lipinski definition) is 1. The van der Waals surface area contributed by atoms with E-state index in [-0.39, 0.29) is 5.78 Å². The van der Waals surface area contributed by atoms with E-state index in [1.165, 1.54) is 12.8 Å². The minimum atomic E-state index is 0.247. The maximum Gasteiger partial charge on any atom is 0.152 e. The number of Topliss-reactive ketones (excluding diaryl/α,β-unsaturated/α-hetero) is 1. The van der Waals surface area contributed by atoms with Gasteiger partial charge >= 0.3 is 0 Å². The molecule has 1 aliphatic rings. The van der Waals surface area contributed by atoms with E-state index in [0.717, 1.165) is 30.3 Å². The van der Waals surface area contributed by atoms with Crippen molar-refractivity contribution >= 4 is 5.78 Å². The van der Waals surface area contributed by atoms with Gasteiger partial charge in [-0.3, -0.25) is 9.48 Å². The largest absolute Gasteiger partial charge is 0.310 e. The van der Waals surface area contributed by atoms with Gasteiger partial charge in [0.1, 0.15) is 0 Å². The molecule has 0 bridgehead atoms. The highest BCUT2D eigenvalue weighted by Crippen LogP contribution is 2.27. The minimum Gasteiger partial charge on any atom is -0.310 e. The fourth-order valence-corrected chi connectivity index (χ4v) is 1.91. The third-order valence-corrected chi connectivity index (χ3v) is 3.22. The second-order valence-corrected chi connectivity index (χ2v) is 4.89. The number of rotatable bonds is 7. The van der Waals surface area contributed by atoms with Crippen molar-refractivity contribution < 1.29 is 4.79 Å². The summed E-state index contributed by atoms with van der Waals surface area (Å²) in [6, 6.07) is 2.03. The fourth-order valence-electron chi connectivity index (χ4n) is 1.91. The Balaban J connectivity index is 1.77. The second kappa shape index (κ2) is 5.45. The van der Waals surface area contributed by atoms with Crippen LogP contribution in [-0.2, 0) is 24.7 Å². The van der Waals surface area contributed by atoms with Crippen LogP contribution in [0.15, 0.2) is 6.07 Å². The first-order chi connectivity index (χ1) is 8.19. The Kier molecular flexibility index (Phi) is 3.94. The maximum atomic E-state index is 11.8. The van der Waals surface area contributed by atoms with Crippen molar-refractivity contribution in [2.75, 3.05) is 13.1 Å². The van der Waals surface area contributed by atoms with Gasteiger partial charge in [-0.1, -0.05) is 6.92 Å². The molecular weight excluding hydrogens is 214 g/mol. The fraction of sp³-hybridized carbons (Fsp3) is 0.692. The molecule has 0 amide bonds. The Morgan fingerprint density at radius 3 is 2.94 bits per heavy atom. The summed E-state index contributed by atoms with van der Waals surface area (Å²) in [4.78, 5) is 11.8. The molecule has 0 saturated heterocycles. The Morgan fingerprint density at radius 1 is 1.59 bits per heavy atom. The van der Waals surface area contributed by atoms with Crippen molar-refractivity contribution in [3.63, 3.8) is 0 Å². The summed E-state index contributed by atoms with van der Waals surface area (Å²) in [5, 5.41) is 7.57. The van der Waals surface area contributed by atoms with Crippen LogP contribution in [0, 0.1) is 5.92 Å². The number of aryl methyl sites for hydroxylation is 2. The summed E-state index contributed by atoms with van der Waals surface area (Å²) < 4.78 is 1.82. The van der Waals surface area contributed by atoms with Crippen LogP contribution in [0.3, 0.4) is 0 Å². The molecule has 0 atom stereocenters. The first-order valence-electron chi connectivity index (χ1n) is 6.43. The number of ketones is 1. The van der Waals surface area contributed by atoms with Gasteiger partial charge in [0.25, 0.3) is 0 Å². The highest BCUT2D eigenvalue weighted by molar-refractivity contribution is 5.82. The summed E-state index contributed by atoms with van der Waals surface area (Å²) in [6.45, 7) is 3.56. The van der Waals surface area contributed by atoms with E-state index in [1.807, 2.05) is 17.8 Å². The molecule has 4 heteroatoms. The first kappa shape index (κ1) is 12.3. The number of carbonyl (C=O) groups is 1. The Hall–Kier alpha value is -1.16. The number of nitrogens with zero attached hydrogens (tertiary/aromatic N) is 2. The monoisotopic (exact) mass is 235 g/mol. The van der Waals surface area contributed by atoms with Gasteiger partial charge in [-0.05, 0) is 37.8 Å². The van der Waals surface area contributed by atoms with Crippen molar-refractivity contribution in [2.24, 2.45) is 13.0 Å². The highest BCUT2D eigenvalue weighted by Gasteiger charge is 2.20. The zero-order valence-corrected chi connectivity index (χ0v) is 10.7. The van der Waals surface area contributed by atoms with Crippen molar-refractivity contribution in [3.05, 3.63) is 17.5 Å². The lowest BCUT2D eigenvalue weighted by Gasteiger charge is -2.03. The molecule has 2 rings (SSSR count). The molecule has 1 heterocycles. The zero-order chi connectivity index (χ0) is 12.3. The molecule has 17 heavy (non-hydrogen) atoms. The molecule has 1 aromatic heterocycles. The van der Waals surface area contributed by atoms with Crippen molar-refractivity contribution in [2.45, 2.75) is 32.6 Å². The van der Waals surface area contributed by atoms with Crippen LogP contribution in [-0.4, -0.2) is 28.7 Å². The molecule has 0 radical (unpaired) electrons. The highest BCUT2D eigenvalue weighted by atomic mass is 16.1. The van der Waals surface area contributed by atoms with Crippen molar-refractivity contribution in [3.8, 4) is 0 Å². The number of hydrogen-bond acceptors (Lipinski definition) is 3. The summed E-state index contributed by atoms with van der Waals surface area (Å²) in [5.74, 6) is 1.07. The number of aromatic nitrogens is 2. The molecule has 1 saturated carbocycles. The van der Waals surface area contributed by atoms with E-state index in [9.17, 15) is 4.79 Å². The SMILES string of the molecule is CCc1cc(CC(=O)CNCC2CC2)n(C)n1. The average Bonchev–Trinajstić information content (AvgIpc) is 3.04. The standard InChI is InChI=1S/C13H21N3O/c1-3-11-6-12(16(2)15-11)7-13(17)9-14-8-10-4-5-10/h6,10,14H,3-5,7-9H2,1-2H3. The molecular formula is C13H21N3O.